The third-order valence-corrected chi connectivity index (χ3v) is 2.38. The number of nitrogens with zero attached hydrogens (tertiary/aromatic N) is 1. The van der Waals surface area contributed by atoms with Crippen molar-refractivity contribution in [3.63, 3.8) is 0 Å². The molecular weight excluding hydrogens is 166 g/mol. The highest BCUT2D eigenvalue weighted by Gasteiger charge is 2.13. The minimum atomic E-state index is 0.185. The molecule has 0 radical (unpaired) electrons. The maximum Gasteiger partial charge on any atom is 0.0484 e. The fourth-order valence-electron chi connectivity index (χ4n) is 1.19. The van der Waals surface area contributed by atoms with E-state index in [0.29, 0.717) is 6.04 Å². The van der Waals surface area contributed by atoms with E-state index in [1.54, 1.807) is 5.01 Å². The second-order valence-corrected chi connectivity index (χ2v) is 3.56. The van der Waals surface area contributed by atoms with Crippen molar-refractivity contribution < 1.29 is 5.11 Å². The van der Waals surface area contributed by atoms with Gasteiger partial charge in [0.2, 0.25) is 0 Å². The van der Waals surface area contributed by atoms with E-state index in [1.165, 1.54) is 0 Å². The van der Waals surface area contributed by atoms with Crippen LogP contribution in [0.3, 0.4) is 0 Å². The van der Waals surface area contributed by atoms with Gasteiger partial charge in [-0.2, -0.15) is 0 Å². The van der Waals surface area contributed by atoms with E-state index in [4.69, 9.17) is 10.9 Å². The lowest BCUT2D eigenvalue weighted by Gasteiger charge is -2.26. The Morgan fingerprint density at radius 3 is 2.54 bits per heavy atom. The van der Waals surface area contributed by atoms with Gasteiger partial charge in [0, 0.05) is 31.7 Å². The molecule has 4 nitrogen and oxygen atoms in total. The van der Waals surface area contributed by atoms with Crippen molar-refractivity contribution in [2.24, 2.45) is 11.8 Å². The lowest BCUT2D eigenvalue weighted by Crippen LogP contribution is -2.44. The van der Waals surface area contributed by atoms with Gasteiger partial charge in [-0.1, -0.05) is 6.92 Å². The molecule has 4 N–H and O–H groups in total. The molecule has 0 spiro atoms. The first-order chi connectivity index (χ1) is 6.15. The Labute approximate surface area is 81.1 Å². The first-order valence-corrected chi connectivity index (χ1v) is 4.92. The van der Waals surface area contributed by atoms with Gasteiger partial charge in [0.25, 0.3) is 0 Å². The van der Waals surface area contributed by atoms with Crippen LogP contribution in [0.2, 0.25) is 0 Å². The van der Waals surface area contributed by atoms with E-state index in [9.17, 15) is 0 Å². The Bertz CT molecular complexity index is 121. The molecule has 0 rings (SSSR count). The molecular formula is C9H23N3O. The summed E-state index contributed by atoms with van der Waals surface area (Å²) >= 11 is 0. The normalized spacial score (nSPS) is 16.2. The van der Waals surface area contributed by atoms with E-state index in [2.05, 4.69) is 19.2 Å². The Morgan fingerprint density at radius 2 is 2.15 bits per heavy atom. The van der Waals surface area contributed by atoms with Crippen molar-refractivity contribution in [3.8, 4) is 0 Å². The average molecular weight is 189 g/mol. The zero-order valence-corrected chi connectivity index (χ0v) is 8.95. The lowest BCUT2D eigenvalue weighted by atomic mass is 10.1. The van der Waals surface area contributed by atoms with Crippen LogP contribution in [-0.4, -0.2) is 42.9 Å². The summed E-state index contributed by atoms with van der Waals surface area (Å²) in [5.41, 5.74) is 0. The number of hydrazine groups is 1. The molecule has 0 aliphatic rings. The van der Waals surface area contributed by atoms with Gasteiger partial charge < -0.3 is 10.4 Å². The maximum absolute atomic E-state index is 9.04. The van der Waals surface area contributed by atoms with E-state index < -0.39 is 0 Å². The van der Waals surface area contributed by atoms with E-state index in [0.717, 1.165) is 19.5 Å². The van der Waals surface area contributed by atoms with Crippen LogP contribution in [-0.2, 0) is 0 Å². The maximum atomic E-state index is 9.04. The minimum absolute atomic E-state index is 0.185. The second kappa shape index (κ2) is 7.26. The number of nitrogens with one attached hydrogen (secondary N) is 1. The molecule has 0 aliphatic heterocycles. The van der Waals surface area contributed by atoms with Gasteiger partial charge in [0.15, 0.2) is 0 Å². The summed E-state index contributed by atoms with van der Waals surface area (Å²) in [4.78, 5) is 0. The van der Waals surface area contributed by atoms with Crippen LogP contribution in [0.15, 0.2) is 0 Å². The molecule has 13 heavy (non-hydrogen) atoms. The number of hydrogen-bond donors (Lipinski definition) is 3. The molecule has 0 heterocycles. The summed E-state index contributed by atoms with van der Waals surface area (Å²) in [6.07, 6.45) is 1.04. The van der Waals surface area contributed by atoms with E-state index >= 15 is 0 Å². The molecule has 0 fully saturated rings. The number of rotatable bonds is 7. The van der Waals surface area contributed by atoms with Crippen molar-refractivity contribution in [1.82, 2.24) is 10.3 Å². The average Bonchev–Trinajstić information content (AvgIpc) is 2.15. The first-order valence-electron chi connectivity index (χ1n) is 4.92. The lowest BCUT2D eigenvalue weighted by molar-refractivity contribution is 0.133. The third kappa shape index (κ3) is 5.21. The molecule has 0 aromatic rings. The molecule has 1 unspecified atom stereocenters. The molecule has 0 saturated heterocycles. The number of nitrogens with two attached hydrogens (primary N) is 1. The Balaban J connectivity index is 3.78. The van der Waals surface area contributed by atoms with Crippen LogP contribution in [0.1, 0.15) is 20.3 Å². The van der Waals surface area contributed by atoms with Gasteiger partial charge in [-0.05, 0) is 20.4 Å². The Hall–Kier alpha value is -0.160. The molecule has 0 bridgehead atoms. The predicted octanol–water partition coefficient (Wildman–Crippen LogP) is -0.211. The smallest absolute Gasteiger partial charge is 0.0484 e. The van der Waals surface area contributed by atoms with Crippen LogP contribution < -0.4 is 11.2 Å². The molecule has 80 valence electrons. The highest BCUT2D eigenvalue weighted by Crippen LogP contribution is 2.02. The summed E-state index contributed by atoms with van der Waals surface area (Å²) in [5, 5.41) is 13.9. The van der Waals surface area contributed by atoms with Crippen LogP contribution >= 0.6 is 0 Å². The Morgan fingerprint density at radius 1 is 1.54 bits per heavy atom. The van der Waals surface area contributed by atoms with Crippen molar-refractivity contribution in [2.45, 2.75) is 26.3 Å². The summed E-state index contributed by atoms with van der Waals surface area (Å²) in [7, 11) is 1.88. The summed E-state index contributed by atoms with van der Waals surface area (Å²) < 4.78 is 0. The molecule has 2 atom stereocenters. The zero-order chi connectivity index (χ0) is 10.3. The SMILES string of the molecule is CC[C@H](C)N(N)CC(CO)CNC. The van der Waals surface area contributed by atoms with E-state index in [-0.39, 0.29) is 12.5 Å². The van der Waals surface area contributed by atoms with E-state index in [1.807, 2.05) is 7.05 Å². The topological polar surface area (TPSA) is 61.5 Å². The second-order valence-electron chi connectivity index (χ2n) is 3.56. The van der Waals surface area contributed by atoms with Gasteiger partial charge in [0.1, 0.15) is 0 Å². The number of aliphatic hydroxyl groups is 1. The Kier molecular flexibility index (Phi) is 7.17. The highest BCUT2D eigenvalue weighted by molar-refractivity contribution is 4.67. The van der Waals surface area contributed by atoms with Gasteiger partial charge in [-0.3, -0.25) is 5.84 Å². The van der Waals surface area contributed by atoms with Gasteiger partial charge in [0.05, 0.1) is 0 Å². The van der Waals surface area contributed by atoms with Crippen LogP contribution in [0.5, 0.6) is 0 Å². The summed E-state index contributed by atoms with van der Waals surface area (Å²) in [6.45, 7) is 5.93. The standard InChI is InChI=1S/C9H23N3O/c1-4-8(2)12(10)6-9(7-13)5-11-3/h8-9,11,13H,4-7,10H2,1-3H3/t8-,9?/m0/s1. The summed E-state index contributed by atoms with van der Waals surface area (Å²) in [6, 6.07) is 0.380. The fraction of sp³-hybridized carbons (Fsp3) is 1.00. The fourth-order valence-corrected chi connectivity index (χ4v) is 1.19. The van der Waals surface area contributed by atoms with Gasteiger partial charge in [-0.15, -0.1) is 0 Å². The monoisotopic (exact) mass is 189 g/mol. The quantitative estimate of drug-likeness (QED) is 0.383. The van der Waals surface area contributed by atoms with Crippen LogP contribution in [0, 0.1) is 5.92 Å². The van der Waals surface area contributed by atoms with Crippen LogP contribution in [0.4, 0.5) is 0 Å². The largest absolute Gasteiger partial charge is 0.396 e. The zero-order valence-electron chi connectivity index (χ0n) is 8.95. The minimum Gasteiger partial charge on any atom is -0.396 e. The number of hydrogen-bond acceptors (Lipinski definition) is 4. The third-order valence-electron chi connectivity index (χ3n) is 2.38. The van der Waals surface area contributed by atoms with Crippen molar-refractivity contribution >= 4 is 0 Å². The summed E-state index contributed by atoms with van der Waals surface area (Å²) in [5.74, 6) is 6.05. The van der Waals surface area contributed by atoms with Gasteiger partial charge >= 0.3 is 0 Å². The first kappa shape index (κ1) is 12.8. The highest BCUT2D eigenvalue weighted by atomic mass is 16.3. The molecule has 0 aromatic heterocycles. The van der Waals surface area contributed by atoms with Crippen molar-refractivity contribution in [3.05, 3.63) is 0 Å². The molecule has 4 heteroatoms. The predicted molar refractivity (Wildman–Crippen MR) is 55.1 cm³/mol. The molecule has 0 aromatic carbocycles. The van der Waals surface area contributed by atoms with Crippen LogP contribution in [0.25, 0.3) is 0 Å². The van der Waals surface area contributed by atoms with Gasteiger partial charge in [-0.25, -0.2) is 5.01 Å². The van der Waals surface area contributed by atoms with Crippen molar-refractivity contribution in [2.75, 3.05) is 26.7 Å². The molecule has 0 saturated carbocycles. The van der Waals surface area contributed by atoms with Crippen molar-refractivity contribution in [1.29, 1.82) is 0 Å². The number of aliphatic hydroxyl groups excluding tert-OH is 1. The molecule has 0 amide bonds. The molecule has 0 aliphatic carbocycles.